The van der Waals surface area contributed by atoms with Crippen molar-refractivity contribution in [2.45, 2.75) is 20.3 Å². The van der Waals surface area contributed by atoms with E-state index in [1.54, 1.807) is 16.5 Å². The van der Waals surface area contributed by atoms with Gasteiger partial charge in [0.2, 0.25) is 5.91 Å². The third-order valence-electron chi connectivity index (χ3n) is 5.56. The van der Waals surface area contributed by atoms with Crippen LogP contribution in [0.4, 0.5) is 0 Å². The van der Waals surface area contributed by atoms with Crippen molar-refractivity contribution in [1.29, 1.82) is 5.41 Å². The van der Waals surface area contributed by atoms with Crippen LogP contribution >= 0.6 is 0 Å². The van der Waals surface area contributed by atoms with Gasteiger partial charge in [0.25, 0.3) is 0 Å². The third kappa shape index (κ3) is 4.67. The molecule has 0 saturated carbocycles. The van der Waals surface area contributed by atoms with Crippen molar-refractivity contribution in [2.75, 3.05) is 26.2 Å². The topological polar surface area (TPSA) is 91.2 Å². The maximum Gasteiger partial charge on any atom is 0.219 e. The fourth-order valence-corrected chi connectivity index (χ4v) is 3.62. The van der Waals surface area contributed by atoms with E-state index >= 15 is 0 Å². The Hall–Kier alpha value is -3.09. The van der Waals surface area contributed by atoms with Gasteiger partial charge in [0.1, 0.15) is 5.84 Å². The van der Waals surface area contributed by atoms with E-state index in [1.807, 2.05) is 24.3 Å². The van der Waals surface area contributed by atoms with Crippen molar-refractivity contribution in [2.24, 2.45) is 18.7 Å². The zero-order chi connectivity index (χ0) is 21.1. The molecule has 3 rings (SSSR count). The molecule has 2 aliphatic rings. The molecule has 0 radical (unpaired) electrons. The molecule has 2 aliphatic heterocycles. The van der Waals surface area contributed by atoms with Gasteiger partial charge < -0.3 is 15.5 Å². The lowest BCUT2D eigenvalue weighted by atomic mass is 9.97. The van der Waals surface area contributed by atoms with Crippen LogP contribution in [-0.4, -0.2) is 57.5 Å². The molecule has 0 fully saturated rings. The van der Waals surface area contributed by atoms with Gasteiger partial charge in [0.05, 0.1) is 12.7 Å². The van der Waals surface area contributed by atoms with Crippen LogP contribution in [0.5, 0.6) is 0 Å². The van der Waals surface area contributed by atoms with E-state index in [9.17, 15) is 4.79 Å². The molecule has 0 saturated heterocycles. The number of nitrogens with zero attached hydrogens (tertiary/aromatic N) is 4. The number of hydrogen-bond acceptors (Lipinski definition) is 4. The molecular weight excluding hydrogens is 364 g/mol. The predicted molar refractivity (Wildman–Crippen MR) is 116 cm³/mol. The van der Waals surface area contributed by atoms with E-state index in [2.05, 4.69) is 36.8 Å². The van der Waals surface area contributed by atoms with Gasteiger partial charge in [0.15, 0.2) is 0 Å². The standard InChI is InChI=1S/C22H30N6O/c1-15-10-18(19-11-25-26(4)13-19)6-5-8-28(12-16(15)2)22(24)20-14-27(17(3)29)9-7-21(20)23/h5-6,10-11,13,16,24H,1,7-9,12,14,23H2,2-4H3/b6-5-,18-10+,24-22?/t16-/m0/s1. The first-order valence-electron chi connectivity index (χ1n) is 9.89. The molecule has 1 amide bonds. The van der Waals surface area contributed by atoms with E-state index in [1.165, 1.54) is 0 Å². The van der Waals surface area contributed by atoms with Gasteiger partial charge in [-0.2, -0.15) is 5.10 Å². The van der Waals surface area contributed by atoms with Gasteiger partial charge in [0, 0.05) is 63.1 Å². The van der Waals surface area contributed by atoms with Crippen LogP contribution in [-0.2, 0) is 11.8 Å². The van der Waals surface area contributed by atoms with Crippen LogP contribution in [0, 0.1) is 11.3 Å². The van der Waals surface area contributed by atoms with Gasteiger partial charge >= 0.3 is 0 Å². The van der Waals surface area contributed by atoms with Crippen LogP contribution < -0.4 is 5.73 Å². The van der Waals surface area contributed by atoms with Crippen molar-refractivity contribution in [3.05, 3.63) is 59.6 Å². The Labute approximate surface area is 172 Å². The molecule has 1 aromatic heterocycles. The number of aromatic nitrogens is 2. The summed E-state index contributed by atoms with van der Waals surface area (Å²) in [6.07, 6.45) is 10.6. The number of carbonyl (C=O) groups is 1. The zero-order valence-electron chi connectivity index (χ0n) is 17.5. The summed E-state index contributed by atoms with van der Waals surface area (Å²) in [5.41, 5.74) is 10.8. The number of aryl methyl sites for hydroxylation is 1. The first-order chi connectivity index (χ1) is 13.8. The Morgan fingerprint density at radius 3 is 2.79 bits per heavy atom. The number of carbonyl (C=O) groups excluding carboxylic acids is 1. The Morgan fingerprint density at radius 1 is 1.38 bits per heavy atom. The molecule has 0 bridgehead atoms. The smallest absolute Gasteiger partial charge is 0.219 e. The van der Waals surface area contributed by atoms with Crippen molar-refractivity contribution in [1.82, 2.24) is 19.6 Å². The van der Waals surface area contributed by atoms with E-state index < -0.39 is 0 Å². The number of allylic oxidation sites excluding steroid dienone is 3. The highest BCUT2D eigenvalue weighted by molar-refractivity contribution is 5.98. The molecule has 154 valence electrons. The average molecular weight is 395 g/mol. The lowest BCUT2D eigenvalue weighted by molar-refractivity contribution is -0.128. The Kier molecular flexibility index (Phi) is 6.06. The predicted octanol–water partition coefficient (Wildman–Crippen LogP) is 2.31. The summed E-state index contributed by atoms with van der Waals surface area (Å²) >= 11 is 0. The quantitative estimate of drug-likeness (QED) is 0.595. The van der Waals surface area contributed by atoms with E-state index in [0.717, 1.165) is 22.3 Å². The molecule has 3 N–H and O–H groups in total. The third-order valence-corrected chi connectivity index (χ3v) is 5.56. The summed E-state index contributed by atoms with van der Waals surface area (Å²) < 4.78 is 1.78. The molecule has 0 spiro atoms. The summed E-state index contributed by atoms with van der Waals surface area (Å²) in [7, 11) is 1.90. The molecule has 1 atom stereocenters. The molecular formula is C22H30N6O. The van der Waals surface area contributed by atoms with Crippen LogP contribution in [0.1, 0.15) is 25.8 Å². The van der Waals surface area contributed by atoms with Gasteiger partial charge in [-0.15, -0.1) is 0 Å². The second-order valence-electron chi connectivity index (χ2n) is 7.83. The zero-order valence-corrected chi connectivity index (χ0v) is 17.5. The molecule has 0 aromatic carbocycles. The Balaban J connectivity index is 1.84. The Bertz CT molecular complexity index is 919. The van der Waals surface area contributed by atoms with Gasteiger partial charge in [-0.1, -0.05) is 37.3 Å². The number of hydrogen-bond donors (Lipinski definition) is 2. The summed E-state index contributed by atoms with van der Waals surface area (Å²) in [4.78, 5) is 15.6. The number of rotatable bonds is 2. The fraction of sp³-hybridized carbons (Fsp3) is 0.409. The molecule has 7 nitrogen and oxygen atoms in total. The van der Waals surface area contributed by atoms with Crippen molar-refractivity contribution >= 4 is 17.3 Å². The molecule has 1 aromatic rings. The second-order valence-corrected chi connectivity index (χ2v) is 7.83. The highest BCUT2D eigenvalue weighted by Gasteiger charge is 2.26. The number of amides is 1. The van der Waals surface area contributed by atoms with E-state index in [4.69, 9.17) is 11.1 Å². The average Bonchev–Trinajstić information content (AvgIpc) is 3.13. The van der Waals surface area contributed by atoms with Crippen molar-refractivity contribution in [3.63, 3.8) is 0 Å². The monoisotopic (exact) mass is 394 g/mol. The summed E-state index contributed by atoms with van der Waals surface area (Å²) in [5.74, 6) is 0.568. The van der Waals surface area contributed by atoms with E-state index in [-0.39, 0.29) is 11.8 Å². The first kappa shape index (κ1) is 20.6. The minimum atomic E-state index is 0.0132. The number of nitrogens with two attached hydrogens (primary N) is 1. The van der Waals surface area contributed by atoms with Gasteiger partial charge in [-0.05, 0) is 11.5 Å². The molecule has 0 unspecified atom stereocenters. The summed E-state index contributed by atoms with van der Waals surface area (Å²) in [6.45, 7) is 10.2. The van der Waals surface area contributed by atoms with Crippen molar-refractivity contribution < 1.29 is 4.79 Å². The van der Waals surface area contributed by atoms with Crippen LogP contribution in [0.2, 0.25) is 0 Å². The lowest BCUT2D eigenvalue weighted by Crippen LogP contribution is -2.44. The summed E-state index contributed by atoms with van der Waals surface area (Å²) in [5, 5.41) is 13.1. The second kappa shape index (κ2) is 8.51. The maximum atomic E-state index is 11.8. The number of nitrogens with one attached hydrogen (secondary N) is 1. The molecule has 0 aliphatic carbocycles. The maximum absolute atomic E-state index is 11.8. The van der Waals surface area contributed by atoms with Crippen molar-refractivity contribution in [3.8, 4) is 0 Å². The molecule has 3 heterocycles. The minimum absolute atomic E-state index is 0.0132. The first-order valence-corrected chi connectivity index (χ1v) is 9.89. The fourth-order valence-electron chi connectivity index (χ4n) is 3.62. The largest absolute Gasteiger partial charge is 0.402 e. The Morgan fingerprint density at radius 2 is 2.14 bits per heavy atom. The molecule has 29 heavy (non-hydrogen) atoms. The van der Waals surface area contributed by atoms with Crippen LogP contribution in [0.3, 0.4) is 0 Å². The van der Waals surface area contributed by atoms with Gasteiger partial charge in [-0.3, -0.25) is 14.9 Å². The van der Waals surface area contributed by atoms with E-state index in [0.29, 0.717) is 44.1 Å². The lowest BCUT2D eigenvalue weighted by Gasteiger charge is -2.34. The number of amidine groups is 1. The molecule has 7 heteroatoms. The normalized spacial score (nSPS) is 23.8. The van der Waals surface area contributed by atoms with Gasteiger partial charge in [-0.25, -0.2) is 0 Å². The SMILES string of the molecule is C=C1/C=C(c2cnn(C)c2)\C=C/CN(C(=N)C2=C(N)CCN(C(C)=O)C2)C[C@@H]1C. The highest BCUT2D eigenvalue weighted by atomic mass is 16.2. The van der Waals surface area contributed by atoms with Crippen LogP contribution in [0.15, 0.2) is 54.0 Å². The minimum Gasteiger partial charge on any atom is -0.402 e. The highest BCUT2D eigenvalue weighted by Crippen LogP contribution is 2.24. The summed E-state index contributed by atoms with van der Waals surface area (Å²) in [6, 6.07) is 0. The van der Waals surface area contributed by atoms with Crippen LogP contribution in [0.25, 0.3) is 5.57 Å².